The van der Waals surface area contributed by atoms with Crippen molar-refractivity contribution in [1.29, 1.82) is 0 Å². The Morgan fingerprint density at radius 2 is 2.27 bits per heavy atom. The van der Waals surface area contributed by atoms with Crippen molar-refractivity contribution in [2.24, 2.45) is 5.14 Å². The van der Waals surface area contributed by atoms with Gasteiger partial charge in [-0.1, -0.05) is 0 Å². The molecule has 0 radical (unpaired) electrons. The second kappa shape index (κ2) is 3.06. The molecule has 1 unspecified atom stereocenters. The minimum atomic E-state index is -3.59. The summed E-state index contributed by atoms with van der Waals surface area (Å²) in [4.78, 5) is 0. The zero-order valence-electron chi connectivity index (χ0n) is 6.10. The Hall–Kier alpha value is -0.170. The SMILES string of the molecule is NS(=O)(=O)N1CCCC1CO. The van der Waals surface area contributed by atoms with E-state index in [1.165, 1.54) is 0 Å². The number of hydrogen-bond acceptors (Lipinski definition) is 3. The Kier molecular flexibility index (Phi) is 2.48. The van der Waals surface area contributed by atoms with Crippen molar-refractivity contribution in [3.8, 4) is 0 Å². The van der Waals surface area contributed by atoms with Gasteiger partial charge in [0, 0.05) is 12.6 Å². The summed E-state index contributed by atoms with van der Waals surface area (Å²) < 4.78 is 22.7. The predicted molar refractivity (Wildman–Crippen MR) is 39.9 cm³/mol. The van der Waals surface area contributed by atoms with Gasteiger partial charge in [-0.05, 0) is 12.8 Å². The molecule has 0 aromatic heterocycles. The lowest BCUT2D eigenvalue weighted by atomic mass is 10.2. The van der Waals surface area contributed by atoms with Crippen LogP contribution in [0.25, 0.3) is 0 Å². The Labute approximate surface area is 66.0 Å². The van der Waals surface area contributed by atoms with Crippen LogP contribution in [0.2, 0.25) is 0 Å². The van der Waals surface area contributed by atoms with E-state index >= 15 is 0 Å². The maximum absolute atomic E-state index is 10.8. The number of hydrogen-bond donors (Lipinski definition) is 2. The van der Waals surface area contributed by atoms with E-state index in [0.717, 1.165) is 10.7 Å². The predicted octanol–water partition coefficient (Wildman–Crippen LogP) is -1.35. The third kappa shape index (κ3) is 1.90. The van der Waals surface area contributed by atoms with Gasteiger partial charge >= 0.3 is 0 Å². The largest absolute Gasteiger partial charge is 0.395 e. The zero-order chi connectivity index (χ0) is 8.48. The van der Waals surface area contributed by atoms with Crippen molar-refractivity contribution < 1.29 is 13.5 Å². The molecular weight excluding hydrogens is 168 g/mol. The van der Waals surface area contributed by atoms with Gasteiger partial charge in [-0.25, -0.2) is 5.14 Å². The van der Waals surface area contributed by atoms with Crippen molar-refractivity contribution in [1.82, 2.24) is 4.31 Å². The summed E-state index contributed by atoms with van der Waals surface area (Å²) in [7, 11) is -3.59. The van der Waals surface area contributed by atoms with Crippen molar-refractivity contribution >= 4 is 10.2 Å². The van der Waals surface area contributed by atoms with Crippen LogP contribution >= 0.6 is 0 Å². The normalized spacial score (nSPS) is 27.6. The van der Waals surface area contributed by atoms with Crippen LogP contribution < -0.4 is 5.14 Å². The summed E-state index contributed by atoms with van der Waals surface area (Å²) in [6, 6.07) is -0.301. The first-order chi connectivity index (χ1) is 5.05. The topological polar surface area (TPSA) is 83.6 Å². The Morgan fingerprint density at radius 3 is 2.64 bits per heavy atom. The number of aliphatic hydroxyl groups is 1. The molecule has 1 saturated heterocycles. The highest BCUT2D eigenvalue weighted by Gasteiger charge is 2.30. The van der Waals surface area contributed by atoms with Gasteiger partial charge in [-0.3, -0.25) is 0 Å². The molecule has 1 rings (SSSR count). The van der Waals surface area contributed by atoms with Gasteiger partial charge in [0.15, 0.2) is 0 Å². The molecule has 6 heteroatoms. The Morgan fingerprint density at radius 1 is 1.64 bits per heavy atom. The molecule has 1 aliphatic rings. The third-order valence-electron chi connectivity index (χ3n) is 1.86. The molecule has 0 saturated carbocycles. The molecule has 1 fully saturated rings. The van der Waals surface area contributed by atoms with Crippen LogP contribution in [0.3, 0.4) is 0 Å². The molecular formula is C5H12N2O3S. The molecule has 3 N–H and O–H groups in total. The quantitative estimate of drug-likeness (QED) is 0.551. The van der Waals surface area contributed by atoms with Gasteiger partial charge in [0.05, 0.1) is 6.61 Å². The minimum Gasteiger partial charge on any atom is -0.395 e. The second-order valence-corrected chi connectivity index (χ2v) is 4.13. The smallest absolute Gasteiger partial charge is 0.277 e. The molecule has 11 heavy (non-hydrogen) atoms. The Balaban J connectivity index is 2.72. The van der Waals surface area contributed by atoms with Crippen LogP contribution in [-0.2, 0) is 10.2 Å². The van der Waals surface area contributed by atoms with Gasteiger partial charge in [-0.15, -0.1) is 0 Å². The van der Waals surface area contributed by atoms with Crippen LogP contribution in [0.1, 0.15) is 12.8 Å². The summed E-state index contributed by atoms with van der Waals surface area (Å²) in [5.74, 6) is 0. The van der Waals surface area contributed by atoms with E-state index in [-0.39, 0.29) is 12.6 Å². The minimum absolute atomic E-state index is 0.142. The number of nitrogens with two attached hydrogens (primary N) is 1. The molecule has 1 atom stereocenters. The van der Waals surface area contributed by atoms with Gasteiger partial charge < -0.3 is 5.11 Å². The molecule has 66 valence electrons. The van der Waals surface area contributed by atoms with E-state index in [1.807, 2.05) is 0 Å². The number of rotatable bonds is 2. The van der Waals surface area contributed by atoms with Gasteiger partial charge in [-0.2, -0.15) is 12.7 Å². The van der Waals surface area contributed by atoms with E-state index in [4.69, 9.17) is 10.2 Å². The molecule has 0 aromatic carbocycles. The fourth-order valence-electron chi connectivity index (χ4n) is 1.33. The molecule has 1 aliphatic heterocycles. The third-order valence-corrected chi connectivity index (χ3v) is 3.00. The summed E-state index contributed by atoms with van der Waals surface area (Å²) in [5.41, 5.74) is 0. The highest BCUT2D eigenvalue weighted by molar-refractivity contribution is 7.86. The maximum atomic E-state index is 10.8. The maximum Gasteiger partial charge on any atom is 0.277 e. The molecule has 0 aliphatic carbocycles. The van der Waals surface area contributed by atoms with Crippen molar-refractivity contribution in [3.05, 3.63) is 0 Å². The van der Waals surface area contributed by atoms with E-state index < -0.39 is 10.2 Å². The number of aliphatic hydroxyl groups excluding tert-OH is 1. The summed E-state index contributed by atoms with van der Waals surface area (Å²) in [6.07, 6.45) is 1.48. The number of nitrogens with zero attached hydrogens (tertiary/aromatic N) is 1. The van der Waals surface area contributed by atoms with Crippen molar-refractivity contribution in [2.45, 2.75) is 18.9 Å². The van der Waals surface area contributed by atoms with Crippen LogP contribution in [-0.4, -0.2) is 37.0 Å². The zero-order valence-corrected chi connectivity index (χ0v) is 6.92. The van der Waals surface area contributed by atoms with Crippen LogP contribution in [0.4, 0.5) is 0 Å². The van der Waals surface area contributed by atoms with Crippen LogP contribution in [0.15, 0.2) is 0 Å². The van der Waals surface area contributed by atoms with Gasteiger partial charge in [0.1, 0.15) is 0 Å². The highest BCUT2D eigenvalue weighted by Crippen LogP contribution is 2.18. The van der Waals surface area contributed by atoms with Crippen LogP contribution in [0.5, 0.6) is 0 Å². The van der Waals surface area contributed by atoms with E-state index in [2.05, 4.69) is 0 Å². The molecule has 1 heterocycles. The molecule has 0 aromatic rings. The van der Waals surface area contributed by atoms with E-state index in [9.17, 15) is 8.42 Å². The van der Waals surface area contributed by atoms with Gasteiger partial charge in [0.25, 0.3) is 10.2 Å². The summed E-state index contributed by atoms with van der Waals surface area (Å²) in [5, 5.41) is 13.6. The average Bonchev–Trinajstić information content (AvgIpc) is 2.31. The summed E-state index contributed by atoms with van der Waals surface area (Å²) in [6.45, 7) is 0.292. The molecule has 0 bridgehead atoms. The Bertz CT molecular complexity index is 226. The lowest BCUT2D eigenvalue weighted by Crippen LogP contribution is -2.41. The summed E-state index contributed by atoms with van der Waals surface area (Å²) >= 11 is 0. The van der Waals surface area contributed by atoms with Gasteiger partial charge in [0.2, 0.25) is 0 Å². The lowest BCUT2D eigenvalue weighted by Gasteiger charge is -2.18. The average molecular weight is 180 g/mol. The standard InChI is InChI=1S/C5H12N2O3S/c6-11(9,10)7-3-1-2-5(7)4-8/h5,8H,1-4H2,(H2,6,9,10). The second-order valence-electron chi connectivity index (χ2n) is 2.63. The van der Waals surface area contributed by atoms with Crippen molar-refractivity contribution in [2.75, 3.05) is 13.2 Å². The van der Waals surface area contributed by atoms with Crippen LogP contribution in [0, 0.1) is 0 Å². The fraction of sp³-hybridized carbons (Fsp3) is 1.00. The first-order valence-electron chi connectivity index (χ1n) is 3.46. The first kappa shape index (κ1) is 8.92. The molecule has 0 spiro atoms. The highest BCUT2D eigenvalue weighted by atomic mass is 32.2. The van der Waals surface area contributed by atoms with Crippen molar-refractivity contribution in [3.63, 3.8) is 0 Å². The van der Waals surface area contributed by atoms with E-state index in [0.29, 0.717) is 13.0 Å². The molecule has 0 amide bonds. The first-order valence-corrected chi connectivity index (χ1v) is 4.96. The van der Waals surface area contributed by atoms with E-state index in [1.54, 1.807) is 0 Å². The molecule has 5 nitrogen and oxygen atoms in total. The monoisotopic (exact) mass is 180 g/mol. The fourth-order valence-corrected chi connectivity index (χ4v) is 2.30. The lowest BCUT2D eigenvalue weighted by molar-refractivity contribution is 0.213.